The molecule has 0 aliphatic carbocycles. The van der Waals surface area contributed by atoms with Gasteiger partial charge in [-0.05, 0) is 72.2 Å². The Morgan fingerprint density at radius 3 is 1.12 bits per heavy atom. The van der Waals surface area contributed by atoms with Crippen LogP contribution in [0.3, 0.4) is 0 Å². The highest BCUT2D eigenvalue weighted by atomic mass is 16.3. The third-order valence-electron chi connectivity index (χ3n) is 8.07. The number of rotatable bonds is 14. The second-order valence-electron chi connectivity index (χ2n) is 10.9. The number of benzene rings is 3. The van der Waals surface area contributed by atoms with Crippen molar-refractivity contribution in [2.75, 3.05) is 26.3 Å². The van der Waals surface area contributed by atoms with Gasteiger partial charge in [0.25, 0.3) is 23.6 Å². The third kappa shape index (κ3) is 5.91. The molecular formula is C34H36N2O6. The molecule has 0 fully saturated rings. The summed E-state index contributed by atoms with van der Waals surface area (Å²) in [6, 6.07) is 18.4. The quantitative estimate of drug-likeness (QED) is 0.201. The van der Waals surface area contributed by atoms with Gasteiger partial charge in [0.15, 0.2) is 0 Å². The van der Waals surface area contributed by atoms with Crippen LogP contribution in [0.2, 0.25) is 0 Å². The molecule has 2 N–H and O–H groups in total. The normalized spacial score (nSPS) is 14.2. The summed E-state index contributed by atoms with van der Waals surface area (Å²) in [5.41, 5.74) is 5.12. The van der Waals surface area contributed by atoms with Gasteiger partial charge in [-0.3, -0.25) is 29.0 Å². The van der Waals surface area contributed by atoms with E-state index in [0.717, 1.165) is 60.8 Å². The van der Waals surface area contributed by atoms with Gasteiger partial charge in [0, 0.05) is 26.3 Å². The first-order chi connectivity index (χ1) is 20.4. The van der Waals surface area contributed by atoms with E-state index in [1.165, 1.54) is 9.80 Å². The Labute approximate surface area is 245 Å². The van der Waals surface area contributed by atoms with Crippen LogP contribution in [0.4, 0.5) is 0 Å². The van der Waals surface area contributed by atoms with Crippen molar-refractivity contribution in [3.8, 4) is 22.3 Å². The van der Waals surface area contributed by atoms with Gasteiger partial charge in [0.1, 0.15) is 0 Å². The summed E-state index contributed by atoms with van der Waals surface area (Å²) in [6.45, 7) is 1.05. The second kappa shape index (κ2) is 13.2. The summed E-state index contributed by atoms with van der Waals surface area (Å²) in [6.07, 6.45) is 6.31. The maximum atomic E-state index is 13.0. The van der Waals surface area contributed by atoms with Gasteiger partial charge < -0.3 is 10.2 Å². The molecule has 42 heavy (non-hydrogen) atoms. The van der Waals surface area contributed by atoms with Gasteiger partial charge in [0.2, 0.25) is 0 Å². The summed E-state index contributed by atoms with van der Waals surface area (Å²) in [4.78, 5) is 54.3. The van der Waals surface area contributed by atoms with Crippen LogP contribution < -0.4 is 0 Å². The molecule has 2 heterocycles. The van der Waals surface area contributed by atoms with Crippen molar-refractivity contribution in [3.05, 3.63) is 82.9 Å². The number of nitrogens with zero attached hydrogens (tertiary/aromatic N) is 2. The maximum absolute atomic E-state index is 13.0. The average molecular weight is 569 g/mol. The van der Waals surface area contributed by atoms with E-state index in [4.69, 9.17) is 10.2 Å². The number of imide groups is 2. The van der Waals surface area contributed by atoms with Crippen molar-refractivity contribution < 1.29 is 29.4 Å². The van der Waals surface area contributed by atoms with Crippen LogP contribution in [0.1, 0.15) is 92.8 Å². The molecule has 0 aromatic heterocycles. The molecule has 218 valence electrons. The third-order valence-corrected chi connectivity index (χ3v) is 8.07. The van der Waals surface area contributed by atoms with E-state index in [1.807, 2.05) is 36.4 Å². The number of unbranched alkanes of at least 4 members (excludes halogenated alkanes) is 6. The number of hydrogen-bond acceptors (Lipinski definition) is 6. The van der Waals surface area contributed by atoms with Crippen molar-refractivity contribution in [2.45, 2.75) is 51.4 Å². The molecule has 0 unspecified atom stereocenters. The van der Waals surface area contributed by atoms with Gasteiger partial charge in [-0.2, -0.15) is 0 Å². The Morgan fingerprint density at radius 2 is 0.738 bits per heavy atom. The topological polar surface area (TPSA) is 115 Å². The minimum Gasteiger partial charge on any atom is -0.396 e. The second-order valence-corrected chi connectivity index (χ2v) is 10.9. The van der Waals surface area contributed by atoms with E-state index in [2.05, 4.69) is 0 Å². The fourth-order valence-corrected chi connectivity index (χ4v) is 5.67. The Hall–Kier alpha value is -4.14. The van der Waals surface area contributed by atoms with Crippen LogP contribution in [0.25, 0.3) is 22.3 Å². The Kier molecular flexibility index (Phi) is 9.25. The first kappa shape index (κ1) is 29.4. The van der Waals surface area contributed by atoms with Gasteiger partial charge in [-0.25, -0.2) is 0 Å². The summed E-state index contributed by atoms with van der Waals surface area (Å²) >= 11 is 0. The van der Waals surface area contributed by atoms with Gasteiger partial charge in [-0.15, -0.1) is 0 Å². The van der Waals surface area contributed by atoms with Gasteiger partial charge in [0.05, 0.1) is 22.3 Å². The van der Waals surface area contributed by atoms with Crippen molar-refractivity contribution in [3.63, 3.8) is 0 Å². The number of carbonyl (C=O) groups is 4. The lowest BCUT2D eigenvalue weighted by atomic mass is 9.96. The molecule has 2 aliphatic rings. The van der Waals surface area contributed by atoms with E-state index in [-0.39, 0.29) is 36.8 Å². The first-order valence-electron chi connectivity index (χ1n) is 14.8. The zero-order chi connectivity index (χ0) is 29.6. The van der Waals surface area contributed by atoms with Crippen LogP contribution >= 0.6 is 0 Å². The predicted molar refractivity (Wildman–Crippen MR) is 159 cm³/mol. The number of carbonyl (C=O) groups excluding carboxylic acids is 4. The number of fused-ring (bicyclic) bond motifs is 2. The van der Waals surface area contributed by atoms with Crippen molar-refractivity contribution in [2.24, 2.45) is 0 Å². The highest BCUT2D eigenvalue weighted by Gasteiger charge is 2.36. The van der Waals surface area contributed by atoms with E-state index in [0.29, 0.717) is 48.2 Å². The molecule has 0 atom stereocenters. The average Bonchev–Trinajstić information content (AvgIpc) is 3.40. The molecule has 8 nitrogen and oxygen atoms in total. The van der Waals surface area contributed by atoms with Crippen LogP contribution in [-0.4, -0.2) is 69.9 Å². The molecule has 0 saturated carbocycles. The molecule has 2 aliphatic heterocycles. The highest BCUT2D eigenvalue weighted by molar-refractivity contribution is 6.22. The van der Waals surface area contributed by atoms with Gasteiger partial charge in [-0.1, -0.05) is 62.1 Å². The molecule has 3 aromatic carbocycles. The van der Waals surface area contributed by atoms with Crippen molar-refractivity contribution in [1.29, 1.82) is 0 Å². The first-order valence-corrected chi connectivity index (χ1v) is 14.8. The molecule has 0 radical (unpaired) electrons. The summed E-state index contributed by atoms with van der Waals surface area (Å²) in [5.74, 6) is -1.06. The smallest absolute Gasteiger partial charge is 0.261 e. The molecule has 5 rings (SSSR count). The summed E-state index contributed by atoms with van der Waals surface area (Å²) < 4.78 is 0. The predicted octanol–water partition coefficient (Wildman–Crippen LogP) is 5.32. The summed E-state index contributed by atoms with van der Waals surface area (Å²) in [5, 5.41) is 17.9. The SMILES string of the molecule is O=C1c2ccc(-c3ccc(-c4ccc5c(c4)C(=O)N(CCCCCCO)C5=O)cc3)cc2C(=O)N1CCCCCCO. The van der Waals surface area contributed by atoms with Crippen molar-refractivity contribution >= 4 is 23.6 Å². The van der Waals surface area contributed by atoms with Crippen LogP contribution in [0.5, 0.6) is 0 Å². The standard InChI is InChI=1S/C34H36N2O6/c37-19-7-3-1-5-17-35-31(39)27-15-13-25(21-29(27)33(35)41)23-9-11-24(12-10-23)26-14-16-28-30(22-26)34(42)36(32(28)40)18-6-2-4-8-20-38/h9-16,21-22,37-38H,1-8,17-20H2. The number of hydrogen-bond donors (Lipinski definition) is 2. The fourth-order valence-electron chi connectivity index (χ4n) is 5.67. The Balaban J connectivity index is 1.27. The number of aliphatic hydroxyl groups excluding tert-OH is 2. The molecular weight excluding hydrogens is 532 g/mol. The molecule has 0 bridgehead atoms. The van der Waals surface area contributed by atoms with E-state index >= 15 is 0 Å². The lowest BCUT2D eigenvalue weighted by Crippen LogP contribution is -2.30. The fraction of sp³-hybridized carbons (Fsp3) is 0.353. The van der Waals surface area contributed by atoms with Crippen molar-refractivity contribution in [1.82, 2.24) is 9.80 Å². The van der Waals surface area contributed by atoms with Crippen LogP contribution in [0.15, 0.2) is 60.7 Å². The zero-order valence-electron chi connectivity index (χ0n) is 23.7. The lowest BCUT2D eigenvalue weighted by molar-refractivity contribution is 0.0635. The summed E-state index contributed by atoms with van der Waals surface area (Å²) in [7, 11) is 0. The minimum atomic E-state index is -0.271. The molecule has 0 saturated heterocycles. The van der Waals surface area contributed by atoms with E-state index < -0.39 is 0 Å². The minimum absolute atomic E-state index is 0.150. The monoisotopic (exact) mass is 568 g/mol. The van der Waals surface area contributed by atoms with E-state index in [1.54, 1.807) is 24.3 Å². The Bertz CT molecular complexity index is 1380. The molecule has 3 aromatic rings. The Morgan fingerprint density at radius 1 is 0.405 bits per heavy atom. The number of amides is 4. The molecule has 0 spiro atoms. The molecule has 4 amide bonds. The van der Waals surface area contributed by atoms with E-state index in [9.17, 15) is 19.2 Å². The lowest BCUT2D eigenvalue weighted by Gasteiger charge is -2.13. The molecule has 8 heteroatoms. The zero-order valence-corrected chi connectivity index (χ0v) is 23.7. The van der Waals surface area contributed by atoms with Crippen LogP contribution in [-0.2, 0) is 0 Å². The van der Waals surface area contributed by atoms with Crippen LogP contribution in [0, 0.1) is 0 Å². The number of aliphatic hydroxyl groups is 2. The highest BCUT2D eigenvalue weighted by Crippen LogP contribution is 2.32. The van der Waals surface area contributed by atoms with Gasteiger partial charge >= 0.3 is 0 Å². The maximum Gasteiger partial charge on any atom is 0.261 e. The largest absolute Gasteiger partial charge is 0.396 e.